The van der Waals surface area contributed by atoms with Crippen molar-refractivity contribution in [1.82, 2.24) is 0 Å². The first kappa shape index (κ1) is 11.4. The monoisotopic (exact) mass is 173 g/mol. The summed E-state index contributed by atoms with van der Waals surface area (Å²) in [5, 5.41) is 18.3. The molecular formula is C9H17O3. The standard InChI is InChI=1S/C9H17O3/c10-8-6-4-2-1-3-5-7-9(11)12/h1-8H2,(H,11,12). The van der Waals surface area contributed by atoms with E-state index in [0.29, 0.717) is 0 Å². The van der Waals surface area contributed by atoms with E-state index in [0.717, 1.165) is 38.5 Å². The van der Waals surface area contributed by atoms with Crippen LogP contribution in [-0.4, -0.2) is 17.7 Å². The van der Waals surface area contributed by atoms with Crippen LogP contribution in [0, 0.1) is 0 Å². The average molecular weight is 173 g/mol. The molecule has 0 amide bonds. The van der Waals surface area contributed by atoms with Gasteiger partial charge in [0.2, 0.25) is 0 Å². The van der Waals surface area contributed by atoms with Gasteiger partial charge in [-0.1, -0.05) is 25.7 Å². The van der Waals surface area contributed by atoms with Gasteiger partial charge in [0.15, 0.2) is 0 Å². The molecule has 0 aromatic carbocycles. The fourth-order valence-corrected chi connectivity index (χ4v) is 1.09. The van der Waals surface area contributed by atoms with Crippen molar-refractivity contribution in [2.75, 3.05) is 6.61 Å². The second-order valence-electron chi connectivity index (χ2n) is 2.97. The van der Waals surface area contributed by atoms with Gasteiger partial charge in [0.05, 0.1) is 6.61 Å². The maximum Gasteiger partial charge on any atom is 0.303 e. The van der Waals surface area contributed by atoms with Crippen LogP contribution >= 0.6 is 0 Å². The molecule has 0 unspecified atom stereocenters. The van der Waals surface area contributed by atoms with Crippen LogP contribution in [0.25, 0.3) is 0 Å². The lowest BCUT2D eigenvalue weighted by Gasteiger charge is -1.97. The molecule has 1 N–H and O–H groups in total. The molecule has 0 aliphatic carbocycles. The van der Waals surface area contributed by atoms with Gasteiger partial charge in [-0.15, -0.1) is 0 Å². The first-order chi connectivity index (χ1) is 5.77. The highest BCUT2D eigenvalue weighted by Gasteiger charge is 1.95. The van der Waals surface area contributed by atoms with Crippen molar-refractivity contribution in [2.45, 2.75) is 44.9 Å². The highest BCUT2D eigenvalue weighted by molar-refractivity contribution is 5.66. The predicted octanol–water partition coefficient (Wildman–Crippen LogP) is 2.23. The number of carbonyl (C=O) groups is 1. The first-order valence-electron chi connectivity index (χ1n) is 4.57. The minimum absolute atomic E-state index is 0.0229. The molecule has 0 rings (SSSR count). The van der Waals surface area contributed by atoms with Crippen LogP contribution in [0.3, 0.4) is 0 Å². The van der Waals surface area contributed by atoms with Crippen LogP contribution in [0.5, 0.6) is 0 Å². The lowest BCUT2D eigenvalue weighted by atomic mass is 10.1. The Balaban J connectivity index is 2.86. The van der Waals surface area contributed by atoms with Crippen LogP contribution in [0.15, 0.2) is 0 Å². The predicted molar refractivity (Wildman–Crippen MR) is 45.5 cm³/mol. The van der Waals surface area contributed by atoms with Gasteiger partial charge >= 0.3 is 5.97 Å². The normalized spacial score (nSPS) is 10.1. The summed E-state index contributed by atoms with van der Waals surface area (Å²) in [4.78, 5) is 10.1. The Kier molecular flexibility index (Phi) is 8.12. The summed E-state index contributed by atoms with van der Waals surface area (Å²) < 4.78 is 0. The highest BCUT2D eigenvalue weighted by atomic mass is 16.4. The van der Waals surface area contributed by atoms with Crippen LogP contribution < -0.4 is 0 Å². The molecule has 3 nitrogen and oxygen atoms in total. The van der Waals surface area contributed by atoms with E-state index < -0.39 is 5.97 Å². The van der Waals surface area contributed by atoms with Gasteiger partial charge < -0.3 is 5.11 Å². The molecule has 0 bridgehead atoms. The molecular weight excluding hydrogens is 156 g/mol. The number of aliphatic carboxylic acids is 1. The molecule has 0 aromatic heterocycles. The number of hydrogen-bond donors (Lipinski definition) is 1. The minimum Gasteiger partial charge on any atom is -0.481 e. The molecule has 12 heavy (non-hydrogen) atoms. The molecule has 0 aliphatic rings. The quantitative estimate of drug-likeness (QED) is 0.572. The third-order valence-electron chi connectivity index (χ3n) is 1.78. The number of carboxylic acids is 1. The van der Waals surface area contributed by atoms with Crippen molar-refractivity contribution in [3.05, 3.63) is 0 Å². The fourth-order valence-electron chi connectivity index (χ4n) is 1.09. The van der Waals surface area contributed by atoms with Gasteiger partial charge in [-0.2, -0.15) is 0 Å². The Hall–Kier alpha value is -0.570. The van der Waals surface area contributed by atoms with Gasteiger partial charge in [-0.3, -0.25) is 4.79 Å². The van der Waals surface area contributed by atoms with Gasteiger partial charge in [0.1, 0.15) is 0 Å². The van der Waals surface area contributed by atoms with E-state index >= 15 is 0 Å². The Bertz CT molecular complexity index is 112. The highest BCUT2D eigenvalue weighted by Crippen LogP contribution is 2.06. The summed E-state index contributed by atoms with van der Waals surface area (Å²) in [7, 11) is 0. The van der Waals surface area contributed by atoms with E-state index in [1.807, 2.05) is 0 Å². The van der Waals surface area contributed by atoms with E-state index in [4.69, 9.17) is 5.11 Å². The molecule has 71 valence electrons. The number of rotatable bonds is 8. The number of unbranched alkanes of at least 4 members (excludes halogenated alkanes) is 5. The van der Waals surface area contributed by atoms with Crippen molar-refractivity contribution < 1.29 is 15.0 Å². The molecule has 0 saturated heterocycles. The summed E-state index contributed by atoms with van der Waals surface area (Å²) in [6.45, 7) is 0.0229. The summed E-state index contributed by atoms with van der Waals surface area (Å²) in [5.41, 5.74) is 0. The van der Waals surface area contributed by atoms with Crippen LogP contribution in [0.1, 0.15) is 44.9 Å². The van der Waals surface area contributed by atoms with Crippen molar-refractivity contribution in [3.63, 3.8) is 0 Å². The average Bonchev–Trinajstić information content (AvgIpc) is 2.02. The lowest BCUT2D eigenvalue weighted by Crippen LogP contribution is -1.93. The van der Waals surface area contributed by atoms with Crippen molar-refractivity contribution in [2.24, 2.45) is 0 Å². The fraction of sp³-hybridized carbons (Fsp3) is 0.889. The van der Waals surface area contributed by atoms with Crippen molar-refractivity contribution in [3.8, 4) is 0 Å². The molecule has 0 atom stereocenters. The largest absolute Gasteiger partial charge is 0.481 e. The maximum absolute atomic E-state index is 10.1. The van der Waals surface area contributed by atoms with Gasteiger partial charge in [-0.05, 0) is 12.8 Å². The van der Waals surface area contributed by atoms with Gasteiger partial charge in [0, 0.05) is 6.42 Å². The first-order valence-corrected chi connectivity index (χ1v) is 4.57. The van der Waals surface area contributed by atoms with Crippen LogP contribution in [-0.2, 0) is 9.90 Å². The van der Waals surface area contributed by atoms with Crippen LogP contribution in [0.4, 0.5) is 0 Å². The SMILES string of the molecule is [O]CCCCCCCCC(=O)O. The third kappa shape index (κ3) is 9.43. The molecule has 0 aromatic rings. The molecule has 0 fully saturated rings. The van der Waals surface area contributed by atoms with Crippen LogP contribution in [0.2, 0.25) is 0 Å². The summed E-state index contributed by atoms with van der Waals surface area (Å²) in [6, 6.07) is 0. The smallest absolute Gasteiger partial charge is 0.303 e. The van der Waals surface area contributed by atoms with Gasteiger partial charge in [-0.25, -0.2) is 5.11 Å². The molecule has 1 radical (unpaired) electrons. The second-order valence-corrected chi connectivity index (χ2v) is 2.97. The summed E-state index contributed by atoms with van der Waals surface area (Å²) >= 11 is 0. The minimum atomic E-state index is -0.713. The lowest BCUT2D eigenvalue weighted by molar-refractivity contribution is -0.137. The zero-order valence-electron chi connectivity index (χ0n) is 7.42. The van der Waals surface area contributed by atoms with Gasteiger partial charge in [0.25, 0.3) is 0 Å². The Morgan fingerprint density at radius 3 is 1.92 bits per heavy atom. The Morgan fingerprint density at radius 2 is 1.42 bits per heavy atom. The summed E-state index contributed by atoms with van der Waals surface area (Å²) in [6.07, 6.45) is 5.92. The Morgan fingerprint density at radius 1 is 0.917 bits per heavy atom. The van der Waals surface area contributed by atoms with Crippen molar-refractivity contribution >= 4 is 5.97 Å². The van der Waals surface area contributed by atoms with E-state index in [-0.39, 0.29) is 13.0 Å². The number of carboxylic acid groups (broad SMARTS) is 1. The third-order valence-corrected chi connectivity index (χ3v) is 1.78. The second kappa shape index (κ2) is 8.53. The van der Waals surface area contributed by atoms with E-state index in [1.54, 1.807) is 0 Å². The molecule has 0 heterocycles. The maximum atomic E-state index is 10.1. The molecule has 0 saturated carbocycles. The molecule has 0 aliphatic heterocycles. The molecule has 3 heteroatoms. The zero-order chi connectivity index (χ0) is 9.23. The summed E-state index contributed by atoms with van der Waals surface area (Å²) in [5.74, 6) is -0.713. The van der Waals surface area contributed by atoms with E-state index in [2.05, 4.69) is 0 Å². The Labute approximate surface area is 73.4 Å². The topological polar surface area (TPSA) is 57.2 Å². The zero-order valence-corrected chi connectivity index (χ0v) is 7.42. The van der Waals surface area contributed by atoms with E-state index in [9.17, 15) is 9.90 Å². The van der Waals surface area contributed by atoms with Crippen molar-refractivity contribution in [1.29, 1.82) is 0 Å². The number of hydrogen-bond acceptors (Lipinski definition) is 1. The van der Waals surface area contributed by atoms with E-state index in [1.165, 1.54) is 0 Å². The molecule has 0 spiro atoms.